The number of aromatic nitrogens is 2. The summed E-state index contributed by atoms with van der Waals surface area (Å²) >= 11 is 4.34. The largest absolute Gasteiger partial charge is 0.493 e. The zero-order chi connectivity index (χ0) is 20.4. The van der Waals surface area contributed by atoms with Gasteiger partial charge in [0.15, 0.2) is 5.82 Å². The van der Waals surface area contributed by atoms with Gasteiger partial charge >= 0.3 is 0 Å². The lowest BCUT2D eigenvalue weighted by Crippen LogP contribution is -2.16. The molecule has 1 atom stereocenters. The fraction of sp³-hybridized carbons (Fsp3) is 0.238. The summed E-state index contributed by atoms with van der Waals surface area (Å²) in [7, 11) is 0. The summed E-state index contributed by atoms with van der Waals surface area (Å²) in [6, 6.07) is 9.55. The maximum Gasteiger partial charge on any atom is 0.227 e. The van der Waals surface area contributed by atoms with Crippen LogP contribution in [0, 0.1) is 11.6 Å². The Morgan fingerprint density at radius 3 is 2.90 bits per heavy atom. The molecule has 5 nitrogen and oxygen atoms in total. The van der Waals surface area contributed by atoms with Gasteiger partial charge in [0.25, 0.3) is 0 Å². The number of fused-ring (bicyclic) bond motifs is 6. The fourth-order valence-corrected chi connectivity index (χ4v) is 3.26. The molecule has 0 fully saturated rings. The number of rotatable bonds is 1. The molecule has 0 saturated heterocycles. The van der Waals surface area contributed by atoms with Gasteiger partial charge in [-0.2, -0.15) is 12.6 Å². The van der Waals surface area contributed by atoms with E-state index in [9.17, 15) is 8.78 Å². The SMILES string of the molecule is C[C@@H]1CCOc2cc(F)ccc2-c2nc(ncc2F)Nc2cc(CS)cc(c2)O1. The normalized spacial score (nSPS) is 15.9. The van der Waals surface area contributed by atoms with Crippen LogP contribution in [0.25, 0.3) is 11.3 Å². The van der Waals surface area contributed by atoms with E-state index in [0.29, 0.717) is 29.2 Å². The van der Waals surface area contributed by atoms with E-state index in [-0.39, 0.29) is 30.1 Å². The number of anilines is 2. The van der Waals surface area contributed by atoms with Crippen LogP contribution in [-0.4, -0.2) is 22.7 Å². The van der Waals surface area contributed by atoms with Crippen molar-refractivity contribution in [2.24, 2.45) is 0 Å². The number of halogens is 2. The third-order valence-electron chi connectivity index (χ3n) is 4.47. The number of thiol groups is 1. The average Bonchev–Trinajstić information content (AvgIpc) is 2.69. The molecule has 0 amide bonds. The van der Waals surface area contributed by atoms with Crippen LogP contribution in [0.15, 0.2) is 42.6 Å². The van der Waals surface area contributed by atoms with Crippen molar-refractivity contribution in [3.63, 3.8) is 0 Å². The molecule has 0 radical (unpaired) electrons. The van der Waals surface area contributed by atoms with Gasteiger partial charge in [-0.1, -0.05) is 0 Å². The number of benzene rings is 2. The first-order valence-corrected chi connectivity index (χ1v) is 9.79. The standard InChI is InChI=1S/C21H19F2N3O2S/c1-12-4-5-27-19-8-14(22)2-3-17(19)20-18(23)10-24-21(26-20)25-15-6-13(11-29)7-16(9-15)28-12/h2-3,6-10,12,29H,4-5,11H2,1H3,(H,24,25,26)/t12-/m1/s1. The van der Waals surface area contributed by atoms with Gasteiger partial charge in [0, 0.05) is 35.6 Å². The van der Waals surface area contributed by atoms with Crippen LogP contribution < -0.4 is 14.8 Å². The van der Waals surface area contributed by atoms with Crippen molar-refractivity contribution in [2.45, 2.75) is 25.2 Å². The molecule has 4 rings (SSSR count). The molecule has 0 saturated carbocycles. The van der Waals surface area contributed by atoms with Gasteiger partial charge < -0.3 is 14.8 Å². The topological polar surface area (TPSA) is 56.3 Å². The smallest absolute Gasteiger partial charge is 0.227 e. The Morgan fingerprint density at radius 2 is 2.07 bits per heavy atom. The lowest BCUT2D eigenvalue weighted by Gasteiger charge is -2.19. The number of ether oxygens (including phenoxy) is 2. The Labute approximate surface area is 172 Å². The van der Waals surface area contributed by atoms with Crippen molar-refractivity contribution in [3.05, 3.63) is 59.8 Å². The van der Waals surface area contributed by atoms with E-state index in [0.717, 1.165) is 11.8 Å². The molecule has 150 valence electrons. The number of hydrogen-bond donors (Lipinski definition) is 2. The van der Waals surface area contributed by atoms with Crippen molar-refractivity contribution >= 4 is 24.3 Å². The van der Waals surface area contributed by atoms with E-state index >= 15 is 0 Å². The maximum absolute atomic E-state index is 14.5. The molecule has 0 aliphatic carbocycles. The highest BCUT2D eigenvalue weighted by molar-refractivity contribution is 7.79. The molecule has 1 N–H and O–H groups in total. The van der Waals surface area contributed by atoms with Gasteiger partial charge in [0.2, 0.25) is 5.95 Å². The molecule has 2 heterocycles. The van der Waals surface area contributed by atoms with Gasteiger partial charge in [-0.05, 0) is 36.8 Å². The quantitative estimate of drug-likeness (QED) is 0.539. The lowest BCUT2D eigenvalue weighted by molar-refractivity contribution is 0.177. The van der Waals surface area contributed by atoms with Crippen LogP contribution in [0.2, 0.25) is 0 Å². The molecule has 1 aliphatic heterocycles. The molecule has 0 unspecified atom stereocenters. The van der Waals surface area contributed by atoms with E-state index < -0.39 is 11.6 Å². The summed E-state index contributed by atoms with van der Waals surface area (Å²) in [5.74, 6) is 0.504. The van der Waals surface area contributed by atoms with Crippen molar-refractivity contribution in [1.29, 1.82) is 0 Å². The summed E-state index contributed by atoms with van der Waals surface area (Å²) in [5, 5.41) is 3.08. The van der Waals surface area contributed by atoms with Crippen molar-refractivity contribution < 1.29 is 18.3 Å². The second kappa shape index (κ2) is 8.24. The van der Waals surface area contributed by atoms with E-state index in [4.69, 9.17) is 9.47 Å². The molecule has 3 aromatic rings. The first-order chi connectivity index (χ1) is 14.0. The third kappa shape index (κ3) is 4.42. The van der Waals surface area contributed by atoms with Gasteiger partial charge in [0.1, 0.15) is 23.0 Å². The van der Waals surface area contributed by atoms with Crippen LogP contribution >= 0.6 is 12.6 Å². The van der Waals surface area contributed by atoms with Gasteiger partial charge in [-0.25, -0.2) is 18.7 Å². The summed E-state index contributed by atoms with van der Waals surface area (Å²) in [5.41, 5.74) is 2.03. The van der Waals surface area contributed by atoms with Crippen molar-refractivity contribution in [1.82, 2.24) is 9.97 Å². The Morgan fingerprint density at radius 1 is 1.21 bits per heavy atom. The summed E-state index contributed by atoms with van der Waals surface area (Å²) in [6.07, 6.45) is 1.48. The molecule has 29 heavy (non-hydrogen) atoms. The number of nitrogens with zero attached hydrogens (tertiary/aromatic N) is 2. The van der Waals surface area contributed by atoms with Gasteiger partial charge in [0.05, 0.1) is 18.9 Å². The average molecular weight is 415 g/mol. The van der Waals surface area contributed by atoms with Crippen LogP contribution in [0.5, 0.6) is 11.5 Å². The van der Waals surface area contributed by atoms with Gasteiger partial charge in [-0.3, -0.25) is 0 Å². The molecule has 1 aromatic heterocycles. The van der Waals surface area contributed by atoms with Crippen molar-refractivity contribution in [3.8, 4) is 22.8 Å². The predicted molar refractivity (Wildman–Crippen MR) is 110 cm³/mol. The molecule has 1 aliphatic rings. The van der Waals surface area contributed by atoms with E-state index in [1.165, 1.54) is 18.2 Å². The van der Waals surface area contributed by atoms with Crippen LogP contribution in [0.4, 0.5) is 20.4 Å². The maximum atomic E-state index is 14.5. The number of hydrogen-bond acceptors (Lipinski definition) is 6. The zero-order valence-electron chi connectivity index (χ0n) is 15.7. The Hall–Kier alpha value is -2.87. The first-order valence-electron chi connectivity index (χ1n) is 9.15. The predicted octanol–water partition coefficient (Wildman–Crippen LogP) is 5.15. The third-order valence-corrected chi connectivity index (χ3v) is 4.83. The molecule has 4 bridgehead atoms. The zero-order valence-corrected chi connectivity index (χ0v) is 16.5. The second-order valence-corrected chi connectivity index (χ2v) is 7.06. The molecule has 8 heteroatoms. The monoisotopic (exact) mass is 415 g/mol. The number of nitrogens with one attached hydrogen (secondary N) is 1. The Balaban J connectivity index is 1.83. The molecule has 2 aromatic carbocycles. The molecular formula is C21H19F2N3O2S. The van der Waals surface area contributed by atoms with Crippen molar-refractivity contribution in [2.75, 3.05) is 11.9 Å². The summed E-state index contributed by atoms with van der Waals surface area (Å²) in [6.45, 7) is 2.20. The highest BCUT2D eigenvalue weighted by Gasteiger charge is 2.17. The summed E-state index contributed by atoms with van der Waals surface area (Å²) < 4.78 is 40.1. The lowest BCUT2D eigenvalue weighted by atomic mass is 10.1. The van der Waals surface area contributed by atoms with E-state index in [2.05, 4.69) is 27.9 Å². The van der Waals surface area contributed by atoms with Crippen LogP contribution in [0.1, 0.15) is 18.9 Å². The molecule has 0 spiro atoms. The Bertz CT molecular complexity index is 1050. The molecular weight excluding hydrogens is 396 g/mol. The fourth-order valence-electron chi connectivity index (χ4n) is 3.07. The van der Waals surface area contributed by atoms with Gasteiger partial charge in [-0.15, -0.1) is 0 Å². The van der Waals surface area contributed by atoms with E-state index in [1.807, 2.05) is 25.1 Å². The summed E-state index contributed by atoms with van der Waals surface area (Å²) in [4.78, 5) is 8.32. The van der Waals surface area contributed by atoms with Crippen LogP contribution in [0.3, 0.4) is 0 Å². The van der Waals surface area contributed by atoms with E-state index in [1.54, 1.807) is 0 Å². The second-order valence-electron chi connectivity index (χ2n) is 6.74. The van der Waals surface area contributed by atoms with Crippen LogP contribution in [-0.2, 0) is 5.75 Å². The minimum atomic E-state index is -0.624. The Kier molecular flexibility index (Phi) is 5.53. The highest BCUT2D eigenvalue weighted by atomic mass is 32.1. The minimum Gasteiger partial charge on any atom is -0.493 e. The minimum absolute atomic E-state index is 0.0319. The highest BCUT2D eigenvalue weighted by Crippen LogP contribution is 2.33. The first kappa shape index (κ1) is 19.4.